The lowest BCUT2D eigenvalue weighted by atomic mass is 10.2. The highest BCUT2D eigenvalue weighted by molar-refractivity contribution is 4.99. The first-order valence-corrected chi connectivity index (χ1v) is 6.61. The van der Waals surface area contributed by atoms with Gasteiger partial charge in [0, 0.05) is 13.2 Å². The number of aromatic nitrogens is 2. The summed E-state index contributed by atoms with van der Waals surface area (Å²) in [5.74, 6) is 1.15. The monoisotopic (exact) mass is 255 g/mol. The summed E-state index contributed by atoms with van der Waals surface area (Å²) in [5, 5.41) is 16.6. The van der Waals surface area contributed by atoms with Gasteiger partial charge in [-0.1, -0.05) is 18.5 Å². The SMILES string of the molecule is CCCC(OCC)c1noc([C@H]2C[C@@H](O)CN2)n1. The maximum atomic E-state index is 9.47. The number of nitrogens with one attached hydrogen (secondary N) is 1. The van der Waals surface area contributed by atoms with Gasteiger partial charge in [0.1, 0.15) is 6.10 Å². The quantitative estimate of drug-likeness (QED) is 0.798. The zero-order valence-electron chi connectivity index (χ0n) is 10.9. The Morgan fingerprint density at radius 2 is 2.39 bits per heavy atom. The molecule has 1 unspecified atom stereocenters. The summed E-state index contributed by atoms with van der Waals surface area (Å²) < 4.78 is 10.9. The number of β-amino-alcohol motifs (C(OH)–C–C–N with tert-alkyl or cyclic N) is 1. The highest BCUT2D eigenvalue weighted by Crippen LogP contribution is 2.25. The average Bonchev–Trinajstić information content (AvgIpc) is 2.97. The number of hydrogen-bond acceptors (Lipinski definition) is 6. The lowest BCUT2D eigenvalue weighted by Crippen LogP contribution is -2.15. The Morgan fingerprint density at radius 1 is 1.56 bits per heavy atom. The molecular weight excluding hydrogens is 234 g/mol. The zero-order valence-corrected chi connectivity index (χ0v) is 10.9. The molecule has 0 aliphatic carbocycles. The fourth-order valence-electron chi connectivity index (χ4n) is 2.18. The van der Waals surface area contributed by atoms with Crippen LogP contribution >= 0.6 is 0 Å². The van der Waals surface area contributed by atoms with Gasteiger partial charge < -0.3 is 19.7 Å². The first kappa shape index (κ1) is 13.5. The lowest BCUT2D eigenvalue weighted by Gasteiger charge is -2.11. The van der Waals surface area contributed by atoms with Gasteiger partial charge in [-0.2, -0.15) is 4.98 Å². The molecule has 2 heterocycles. The molecule has 1 fully saturated rings. The molecule has 0 aromatic carbocycles. The van der Waals surface area contributed by atoms with Crippen LogP contribution in [0.4, 0.5) is 0 Å². The number of hydrogen-bond donors (Lipinski definition) is 2. The molecule has 1 aliphatic heterocycles. The molecule has 0 saturated carbocycles. The first-order chi connectivity index (χ1) is 8.74. The Bertz CT molecular complexity index is 363. The Balaban J connectivity index is 2.03. The van der Waals surface area contributed by atoms with Crippen LogP contribution in [0.2, 0.25) is 0 Å². The van der Waals surface area contributed by atoms with Crippen molar-refractivity contribution >= 4 is 0 Å². The first-order valence-electron chi connectivity index (χ1n) is 6.61. The number of ether oxygens (including phenoxy) is 1. The topological polar surface area (TPSA) is 80.4 Å². The van der Waals surface area contributed by atoms with E-state index >= 15 is 0 Å². The van der Waals surface area contributed by atoms with Crippen molar-refractivity contribution in [2.45, 2.75) is 51.4 Å². The average molecular weight is 255 g/mol. The van der Waals surface area contributed by atoms with Crippen LogP contribution in [0.5, 0.6) is 0 Å². The van der Waals surface area contributed by atoms with Gasteiger partial charge in [0.15, 0.2) is 0 Å². The van der Waals surface area contributed by atoms with E-state index in [9.17, 15) is 5.11 Å². The van der Waals surface area contributed by atoms with E-state index in [1.165, 1.54) is 0 Å². The maximum Gasteiger partial charge on any atom is 0.243 e. The molecule has 2 rings (SSSR count). The Kier molecular flexibility index (Phi) is 4.68. The van der Waals surface area contributed by atoms with Crippen LogP contribution in [0.1, 0.15) is 57.0 Å². The molecule has 1 aliphatic rings. The number of aliphatic hydroxyl groups excluding tert-OH is 1. The molecule has 1 saturated heterocycles. The van der Waals surface area contributed by atoms with E-state index < -0.39 is 0 Å². The molecule has 0 spiro atoms. The molecule has 2 N–H and O–H groups in total. The molecule has 6 heteroatoms. The standard InChI is InChI=1S/C12H21N3O3/c1-3-5-10(17-4-2)11-14-12(18-15-11)9-6-8(16)7-13-9/h8-10,13,16H,3-7H2,1-2H3/t8-,9-,10?/m1/s1. The van der Waals surface area contributed by atoms with Gasteiger partial charge >= 0.3 is 0 Å². The van der Waals surface area contributed by atoms with Gasteiger partial charge in [0.25, 0.3) is 0 Å². The third-order valence-corrected chi connectivity index (χ3v) is 3.07. The number of nitrogens with zero attached hydrogens (tertiary/aromatic N) is 2. The summed E-state index contributed by atoms with van der Waals surface area (Å²) in [6.45, 7) is 5.27. The highest BCUT2D eigenvalue weighted by atomic mass is 16.5. The Labute approximate surface area is 107 Å². The van der Waals surface area contributed by atoms with Gasteiger partial charge in [-0.3, -0.25) is 0 Å². The van der Waals surface area contributed by atoms with E-state index in [-0.39, 0.29) is 18.2 Å². The zero-order chi connectivity index (χ0) is 13.0. The summed E-state index contributed by atoms with van der Waals surface area (Å²) >= 11 is 0. The second-order valence-corrected chi connectivity index (χ2v) is 4.57. The molecule has 102 valence electrons. The van der Waals surface area contributed by atoms with Crippen LogP contribution in [0.15, 0.2) is 4.52 Å². The minimum atomic E-state index is -0.330. The smallest absolute Gasteiger partial charge is 0.243 e. The van der Waals surface area contributed by atoms with E-state index in [0.29, 0.717) is 31.3 Å². The van der Waals surface area contributed by atoms with Crippen molar-refractivity contribution in [2.24, 2.45) is 0 Å². The summed E-state index contributed by atoms with van der Waals surface area (Å²) in [5.41, 5.74) is 0. The lowest BCUT2D eigenvalue weighted by molar-refractivity contribution is 0.0477. The van der Waals surface area contributed by atoms with Gasteiger partial charge in [0.05, 0.1) is 12.1 Å². The van der Waals surface area contributed by atoms with Gasteiger partial charge in [-0.05, 0) is 19.8 Å². The van der Waals surface area contributed by atoms with E-state index in [1.807, 2.05) is 6.92 Å². The number of aliphatic hydroxyl groups is 1. The van der Waals surface area contributed by atoms with Crippen LogP contribution in [0, 0.1) is 0 Å². The molecule has 1 aromatic heterocycles. The summed E-state index contributed by atoms with van der Waals surface area (Å²) in [7, 11) is 0. The molecule has 3 atom stereocenters. The van der Waals surface area contributed by atoms with Crippen molar-refractivity contribution in [3.63, 3.8) is 0 Å². The fourth-order valence-corrected chi connectivity index (χ4v) is 2.18. The van der Waals surface area contributed by atoms with Crippen LogP contribution in [0.25, 0.3) is 0 Å². The van der Waals surface area contributed by atoms with Crippen molar-refractivity contribution in [3.05, 3.63) is 11.7 Å². The van der Waals surface area contributed by atoms with Crippen LogP contribution in [0.3, 0.4) is 0 Å². The van der Waals surface area contributed by atoms with Gasteiger partial charge in [0.2, 0.25) is 11.7 Å². The molecule has 0 amide bonds. The Hall–Kier alpha value is -0.980. The van der Waals surface area contributed by atoms with Crippen LogP contribution in [-0.2, 0) is 4.74 Å². The second kappa shape index (κ2) is 6.26. The summed E-state index contributed by atoms with van der Waals surface area (Å²) in [4.78, 5) is 4.39. The Morgan fingerprint density at radius 3 is 3.00 bits per heavy atom. The van der Waals surface area contributed by atoms with Crippen molar-refractivity contribution in [1.82, 2.24) is 15.5 Å². The number of rotatable bonds is 6. The predicted octanol–water partition coefficient (Wildman–Crippen LogP) is 1.34. The summed E-state index contributed by atoms with van der Waals surface area (Å²) in [6.07, 6.45) is 2.09. The highest BCUT2D eigenvalue weighted by Gasteiger charge is 2.29. The van der Waals surface area contributed by atoms with Crippen molar-refractivity contribution in [3.8, 4) is 0 Å². The molecular formula is C12H21N3O3. The minimum absolute atomic E-state index is 0.0369. The van der Waals surface area contributed by atoms with E-state index in [4.69, 9.17) is 9.26 Å². The van der Waals surface area contributed by atoms with Crippen molar-refractivity contribution < 1.29 is 14.4 Å². The van der Waals surface area contributed by atoms with E-state index in [2.05, 4.69) is 22.4 Å². The molecule has 6 nitrogen and oxygen atoms in total. The van der Waals surface area contributed by atoms with Crippen LogP contribution < -0.4 is 5.32 Å². The molecule has 18 heavy (non-hydrogen) atoms. The molecule has 1 aromatic rings. The van der Waals surface area contributed by atoms with Crippen molar-refractivity contribution in [1.29, 1.82) is 0 Å². The largest absolute Gasteiger partial charge is 0.392 e. The van der Waals surface area contributed by atoms with Gasteiger partial charge in [-0.15, -0.1) is 0 Å². The minimum Gasteiger partial charge on any atom is -0.392 e. The maximum absolute atomic E-state index is 9.47. The fraction of sp³-hybridized carbons (Fsp3) is 0.833. The molecule has 0 radical (unpaired) electrons. The van der Waals surface area contributed by atoms with E-state index in [1.54, 1.807) is 0 Å². The normalized spacial score (nSPS) is 25.5. The van der Waals surface area contributed by atoms with Crippen LogP contribution in [-0.4, -0.2) is 34.5 Å². The summed E-state index contributed by atoms with van der Waals surface area (Å²) in [6, 6.07) is -0.0369. The van der Waals surface area contributed by atoms with Gasteiger partial charge in [-0.25, -0.2) is 0 Å². The predicted molar refractivity (Wildman–Crippen MR) is 64.9 cm³/mol. The van der Waals surface area contributed by atoms with E-state index in [0.717, 1.165) is 12.8 Å². The third-order valence-electron chi connectivity index (χ3n) is 3.07. The third kappa shape index (κ3) is 3.07. The van der Waals surface area contributed by atoms with Crippen molar-refractivity contribution in [2.75, 3.05) is 13.2 Å². The molecule has 0 bridgehead atoms. The second-order valence-electron chi connectivity index (χ2n) is 4.57.